The molecule has 0 saturated carbocycles. The molecule has 1 atom stereocenters. The molecule has 1 aromatic rings. The van der Waals surface area contributed by atoms with Gasteiger partial charge in [-0.1, -0.05) is 5.92 Å². The van der Waals surface area contributed by atoms with E-state index in [9.17, 15) is 0 Å². The minimum Gasteiger partial charge on any atom is -0.358 e. The number of halogens is 1. The van der Waals surface area contributed by atoms with Crippen molar-refractivity contribution in [2.45, 2.75) is 6.92 Å². The van der Waals surface area contributed by atoms with Crippen molar-refractivity contribution in [1.82, 2.24) is 0 Å². The third-order valence-electron chi connectivity index (χ3n) is 1.66. The van der Waals surface area contributed by atoms with E-state index in [1.807, 2.05) is 25.1 Å². The molecule has 1 rings (SSSR count). The van der Waals surface area contributed by atoms with Gasteiger partial charge in [0.05, 0.1) is 0 Å². The van der Waals surface area contributed by atoms with Gasteiger partial charge in [0.2, 0.25) is 0 Å². The number of hydrogen-bond acceptors (Lipinski definition) is 2. The molecule has 0 saturated heterocycles. The highest BCUT2D eigenvalue weighted by Crippen LogP contribution is 2.26. The molecule has 0 aromatic heterocycles. The van der Waals surface area contributed by atoms with Gasteiger partial charge in [0.1, 0.15) is 0 Å². The Labute approximate surface area is 98.7 Å². The molecule has 0 fully saturated rings. The van der Waals surface area contributed by atoms with Crippen LogP contribution in [0.2, 0.25) is 0 Å². The molecule has 4 heteroatoms. The Morgan fingerprint density at radius 2 is 2.36 bits per heavy atom. The normalized spacial score (nSPS) is 9.57. The van der Waals surface area contributed by atoms with E-state index in [-0.39, 0.29) is 0 Å². The zero-order valence-electron chi connectivity index (χ0n) is 7.69. The third kappa shape index (κ3) is 2.97. The van der Waals surface area contributed by atoms with Crippen molar-refractivity contribution in [3.63, 3.8) is 0 Å². The second-order valence-corrected chi connectivity index (χ2v) is 4.60. The molecule has 0 aliphatic heterocycles. The van der Waals surface area contributed by atoms with Crippen LogP contribution in [0.4, 0.5) is 5.69 Å². The average molecular weight is 316 g/mol. The highest BCUT2D eigenvalue weighted by molar-refractivity contribution is 14.2. The van der Waals surface area contributed by atoms with Crippen LogP contribution < -0.4 is 5.09 Å². The number of hydrogen-bond donors (Lipinski definition) is 2. The van der Waals surface area contributed by atoms with Crippen LogP contribution in [0.5, 0.6) is 0 Å². The van der Waals surface area contributed by atoms with E-state index in [4.69, 9.17) is 5.41 Å². The maximum absolute atomic E-state index is 7.28. The fourth-order valence-electron chi connectivity index (χ4n) is 1.07. The van der Waals surface area contributed by atoms with E-state index in [1.165, 1.54) is 6.21 Å². The summed E-state index contributed by atoms with van der Waals surface area (Å²) >= 11 is 2.26. The van der Waals surface area contributed by atoms with Gasteiger partial charge in [-0.05, 0) is 47.2 Å². The lowest BCUT2D eigenvalue weighted by molar-refractivity contribution is 1.52. The summed E-state index contributed by atoms with van der Waals surface area (Å²) in [5.41, 5.74) is 2.83. The van der Waals surface area contributed by atoms with Crippen LogP contribution in [0.1, 0.15) is 18.1 Å². The lowest BCUT2D eigenvalue weighted by atomic mass is 10.1. The minimum absolute atomic E-state index is 0.613. The molecule has 72 valence electrons. The lowest BCUT2D eigenvalue weighted by Crippen LogP contribution is -1.90. The van der Waals surface area contributed by atoms with Crippen LogP contribution in [-0.2, 0) is 0 Å². The van der Waals surface area contributed by atoms with Gasteiger partial charge >= 0.3 is 0 Å². The van der Waals surface area contributed by atoms with E-state index in [2.05, 4.69) is 39.0 Å². The summed E-state index contributed by atoms with van der Waals surface area (Å²) in [6, 6.07) is 5.84. The highest BCUT2D eigenvalue weighted by atomic mass is 127. The van der Waals surface area contributed by atoms with Crippen LogP contribution in [-0.4, -0.2) is 6.21 Å². The molecular weight excluding hydrogens is 306 g/mol. The van der Waals surface area contributed by atoms with Crippen LogP contribution in [0.25, 0.3) is 0 Å². The molecule has 0 spiro atoms. The number of rotatable bonds is 3. The Bertz CT molecular complexity index is 393. The average Bonchev–Trinajstić information content (AvgIpc) is 2.21. The van der Waals surface area contributed by atoms with Crippen LogP contribution >= 0.6 is 28.4 Å². The summed E-state index contributed by atoms with van der Waals surface area (Å²) < 4.78 is 0. The monoisotopic (exact) mass is 316 g/mol. The molecule has 2 nitrogen and oxygen atoms in total. The molecule has 1 unspecified atom stereocenters. The molecule has 0 heterocycles. The first-order valence-corrected chi connectivity index (χ1v) is 8.12. The zero-order valence-corrected chi connectivity index (χ0v) is 10.8. The van der Waals surface area contributed by atoms with Crippen LogP contribution in [0.15, 0.2) is 18.2 Å². The molecule has 2 N–H and O–H groups in total. The van der Waals surface area contributed by atoms with Crippen LogP contribution in [0.3, 0.4) is 0 Å². The molecule has 0 aliphatic rings. The summed E-state index contributed by atoms with van der Waals surface area (Å²) in [4.78, 5) is 0. The largest absolute Gasteiger partial charge is 0.358 e. The summed E-state index contributed by atoms with van der Waals surface area (Å²) in [6.07, 6.45) is 1.96. The zero-order chi connectivity index (χ0) is 10.4. The topological polar surface area (TPSA) is 35.9 Å². The van der Waals surface area contributed by atoms with E-state index in [0.29, 0.717) is 6.37 Å². The summed E-state index contributed by atoms with van der Waals surface area (Å²) in [7, 11) is 0. The molecule has 0 radical (unpaired) electrons. The third-order valence-corrected chi connectivity index (χ3v) is 2.83. The second kappa shape index (κ2) is 6.00. The Morgan fingerprint density at radius 1 is 1.57 bits per heavy atom. The van der Waals surface area contributed by atoms with Gasteiger partial charge in [0.25, 0.3) is 0 Å². The van der Waals surface area contributed by atoms with Gasteiger partial charge in [-0.15, -0.1) is 5.92 Å². The van der Waals surface area contributed by atoms with E-state index in [0.717, 1.165) is 16.8 Å². The SMILES string of the molecule is CC#Cc1ccc(NPI)c(C=N)c1. The van der Waals surface area contributed by atoms with E-state index < -0.39 is 0 Å². The predicted molar refractivity (Wildman–Crippen MR) is 72.8 cm³/mol. The predicted octanol–water partition coefficient (Wildman–Crippen LogP) is 3.41. The highest BCUT2D eigenvalue weighted by Gasteiger charge is 1.99. The van der Waals surface area contributed by atoms with Crippen molar-refractivity contribution in [2.24, 2.45) is 0 Å². The fourth-order valence-corrected chi connectivity index (χ4v) is 2.27. The molecule has 0 aliphatic carbocycles. The maximum Gasteiger partial charge on any atom is 0.0465 e. The minimum atomic E-state index is 0.613. The van der Waals surface area contributed by atoms with Crippen molar-refractivity contribution in [2.75, 3.05) is 5.09 Å². The number of nitrogens with one attached hydrogen (secondary N) is 2. The second-order valence-electron chi connectivity index (χ2n) is 2.54. The van der Waals surface area contributed by atoms with Crippen molar-refractivity contribution in [1.29, 1.82) is 5.41 Å². The first-order valence-electron chi connectivity index (χ1n) is 4.00. The Kier molecular flexibility index (Phi) is 4.92. The van der Waals surface area contributed by atoms with Gasteiger partial charge in [-0.2, -0.15) is 0 Å². The number of benzene rings is 1. The van der Waals surface area contributed by atoms with Gasteiger partial charge < -0.3 is 10.5 Å². The molecule has 1 aromatic carbocycles. The molecule has 0 amide bonds. The first kappa shape index (κ1) is 11.5. The van der Waals surface area contributed by atoms with Crippen molar-refractivity contribution < 1.29 is 0 Å². The van der Waals surface area contributed by atoms with Crippen molar-refractivity contribution in [3.8, 4) is 11.8 Å². The first-order chi connectivity index (χ1) is 6.81. The van der Waals surface area contributed by atoms with Gasteiger partial charge in [-0.3, -0.25) is 0 Å². The van der Waals surface area contributed by atoms with Crippen LogP contribution in [0, 0.1) is 17.3 Å². The van der Waals surface area contributed by atoms with Crippen molar-refractivity contribution in [3.05, 3.63) is 29.3 Å². The summed E-state index contributed by atoms with van der Waals surface area (Å²) in [5, 5.41) is 10.5. The lowest BCUT2D eigenvalue weighted by Gasteiger charge is -2.06. The maximum atomic E-state index is 7.28. The Balaban J connectivity index is 3.08. The molecule has 14 heavy (non-hydrogen) atoms. The smallest absolute Gasteiger partial charge is 0.0465 e. The fraction of sp³-hybridized carbons (Fsp3) is 0.100. The van der Waals surface area contributed by atoms with Gasteiger partial charge in [-0.25, -0.2) is 0 Å². The Morgan fingerprint density at radius 3 is 2.93 bits per heavy atom. The van der Waals surface area contributed by atoms with Gasteiger partial charge in [0, 0.05) is 29.4 Å². The standard InChI is InChI=1S/C10H10IN2P/c1-2-3-8-4-5-10(13-14-11)9(6-8)7-12/h4-7,12-14H,1H3. The van der Waals surface area contributed by atoms with Crippen molar-refractivity contribution >= 4 is 40.3 Å². The molecule has 0 bridgehead atoms. The quantitative estimate of drug-likeness (QED) is 0.381. The van der Waals surface area contributed by atoms with E-state index in [1.54, 1.807) is 0 Å². The summed E-state index contributed by atoms with van der Waals surface area (Å²) in [6.45, 7) is 1.81. The Hall–Kier alpha value is -0.590. The van der Waals surface area contributed by atoms with E-state index >= 15 is 0 Å². The van der Waals surface area contributed by atoms with Gasteiger partial charge in [0.15, 0.2) is 0 Å². The number of anilines is 1. The molecular formula is C10H10IN2P. The summed E-state index contributed by atoms with van der Waals surface area (Å²) in [5.74, 6) is 5.81.